The van der Waals surface area contributed by atoms with Crippen LogP contribution in [0.25, 0.3) is 0 Å². The van der Waals surface area contributed by atoms with E-state index < -0.39 is 28.5 Å². The molecular weight excluding hydrogens is 611 g/mol. The molecule has 0 heterocycles. The predicted molar refractivity (Wildman–Crippen MR) is 184 cm³/mol. The number of benzene rings is 5. The molecule has 2 amide bonds. The van der Waals surface area contributed by atoms with Crippen molar-refractivity contribution in [1.29, 1.82) is 0 Å². The van der Waals surface area contributed by atoms with Gasteiger partial charge >= 0.3 is 0 Å². The van der Waals surface area contributed by atoms with Gasteiger partial charge in [0.15, 0.2) is 0 Å². The van der Waals surface area contributed by atoms with Crippen LogP contribution in [-0.2, 0) is 32.6 Å². The molecule has 0 aromatic heterocycles. The van der Waals surface area contributed by atoms with E-state index in [-0.39, 0.29) is 29.5 Å². The van der Waals surface area contributed by atoms with Crippen LogP contribution in [-0.4, -0.2) is 44.8 Å². The summed E-state index contributed by atoms with van der Waals surface area (Å²) in [4.78, 5) is 29.4. The Morgan fingerprint density at radius 2 is 1.26 bits per heavy atom. The molecule has 0 saturated carbocycles. The molecule has 1 N–H and O–H groups in total. The Kier molecular flexibility index (Phi) is 10.7. The van der Waals surface area contributed by atoms with Crippen LogP contribution >= 0.6 is 0 Å². The zero-order chi connectivity index (χ0) is 33.2. The third kappa shape index (κ3) is 8.45. The number of carbonyl (C=O) groups is 2. The number of para-hydroxylation sites is 1. The first-order valence-electron chi connectivity index (χ1n) is 15.3. The van der Waals surface area contributed by atoms with Gasteiger partial charge in [-0.15, -0.1) is 0 Å². The second-order valence-electron chi connectivity index (χ2n) is 11.1. The van der Waals surface area contributed by atoms with E-state index in [1.807, 2.05) is 91.9 Å². The van der Waals surface area contributed by atoms with Gasteiger partial charge < -0.3 is 15.0 Å². The number of ether oxygens (including phenoxy) is 1. The Hall–Kier alpha value is -5.41. The molecule has 0 bridgehead atoms. The summed E-state index contributed by atoms with van der Waals surface area (Å²) in [7, 11) is -2.67. The van der Waals surface area contributed by atoms with E-state index in [1.54, 1.807) is 42.5 Å². The molecule has 0 spiro atoms. The summed E-state index contributed by atoms with van der Waals surface area (Å²) in [5.41, 5.74) is 3.01. The largest absolute Gasteiger partial charge is 0.457 e. The van der Waals surface area contributed by atoms with Crippen molar-refractivity contribution in [3.8, 4) is 11.5 Å². The third-order valence-corrected chi connectivity index (χ3v) is 9.49. The Morgan fingerprint density at radius 3 is 1.85 bits per heavy atom. The topological polar surface area (TPSA) is 96.0 Å². The summed E-state index contributed by atoms with van der Waals surface area (Å²) >= 11 is 0. The lowest BCUT2D eigenvalue weighted by atomic mass is 10.0. The number of nitrogens with zero attached hydrogens (tertiary/aromatic N) is 2. The summed E-state index contributed by atoms with van der Waals surface area (Å²) < 4.78 is 35.3. The molecule has 5 aromatic carbocycles. The maximum Gasteiger partial charge on any atom is 0.264 e. The minimum Gasteiger partial charge on any atom is -0.457 e. The first-order chi connectivity index (χ1) is 22.7. The fraction of sp³-hybridized carbons (Fsp3) is 0.158. The molecule has 0 aliphatic heterocycles. The third-order valence-electron chi connectivity index (χ3n) is 7.70. The second kappa shape index (κ2) is 15.2. The molecule has 47 heavy (non-hydrogen) atoms. The Labute approximate surface area is 276 Å². The van der Waals surface area contributed by atoms with Crippen LogP contribution in [0.15, 0.2) is 144 Å². The number of aryl methyl sites for hydroxylation is 1. The van der Waals surface area contributed by atoms with Crippen molar-refractivity contribution in [2.45, 2.75) is 30.8 Å². The lowest BCUT2D eigenvalue weighted by molar-refractivity contribution is -0.139. The molecule has 0 unspecified atom stereocenters. The highest BCUT2D eigenvalue weighted by atomic mass is 32.2. The zero-order valence-electron chi connectivity index (χ0n) is 26.3. The van der Waals surface area contributed by atoms with E-state index in [0.717, 1.165) is 21.0 Å². The van der Waals surface area contributed by atoms with Gasteiger partial charge in [0.25, 0.3) is 10.0 Å². The molecule has 8 nitrogen and oxygen atoms in total. The molecule has 9 heteroatoms. The first-order valence-corrected chi connectivity index (χ1v) is 16.7. The minimum absolute atomic E-state index is 0.0367. The number of likely N-dealkylation sites (N-methyl/N-ethyl adjacent to an activating group) is 1. The fourth-order valence-corrected chi connectivity index (χ4v) is 6.60. The molecule has 0 saturated heterocycles. The number of anilines is 1. The zero-order valence-corrected chi connectivity index (χ0v) is 27.1. The van der Waals surface area contributed by atoms with Gasteiger partial charge in [-0.25, -0.2) is 8.42 Å². The van der Waals surface area contributed by atoms with Gasteiger partial charge in [-0.05, 0) is 66.6 Å². The summed E-state index contributed by atoms with van der Waals surface area (Å²) in [6.07, 6.45) is 0.245. The lowest BCUT2D eigenvalue weighted by Gasteiger charge is -2.33. The van der Waals surface area contributed by atoms with Gasteiger partial charge in [-0.3, -0.25) is 13.9 Å². The summed E-state index contributed by atoms with van der Waals surface area (Å²) in [6, 6.07) is 40.0. The minimum atomic E-state index is -4.20. The SMILES string of the molecule is CNC(=O)[C@H](Cc1ccccc1)N(Cc1ccc(C)cc1)C(=O)CN(c1ccc(Oc2ccccc2)cc1)S(=O)(=O)c1ccccc1. The van der Waals surface area contributed by atoms with E-state index in [1.165, 1.54) is 24.1 Å². The van der Waals surface area contributed by atoms with Crippen LogP contribution in [0.5, 0.6) is 11.5 Å². The van der Waals surface area contributed by atoms with Crippen molar-refractivity contribution in [3.63, 3.8) is 0 Å². The Balaban J connectivity index is 1.53. The highest BCUT2D eigenvalue weighted by molar-refractivity contribution is 7.92. The molecule has 0 aliphatic rings. The maximum absolute atomic E-state index is 14.5. The number of sulfonamides is 1. The standard InChI is InChI=1S/C38H37N3O5S/c1-29-18-20-31(21-19-29)27-40(36(38(43)39-2)26-30-12-6-3-7-13-30)37(42)28-41(47(44,45)35-16-10-5-11-17-35)32-22-24-34(25-23-32)46-33-14-8-4-9-15-33/h3-25,36H,26-28H2,1-2H3,(H,39,43)/t36-/m0/s1. The van der Waals surface area contributed by atoms with E-state index in [9.17, 15) is 18.0 Å². The average molecular weight is 648 g/mol. The van der Waals surface area contributed by atoms with Gasteiger partial charge in [0.05, 0.1) is 10.6 Å². The molecular formula is C38H37N3O5S. The quantitative estimate of drug-likeness (QED) is 0.160. The van der Waals surface area contributed by atoms with Crippen LogP contribution in [0.3, 0.4) is 0 Å². The second-order valence-corrected chi connectivity index (χ2v) is 12.9. The van der Waals surface area contributed by atoms with E-state index in [2.05, 4.69) is 5.32 Å². The number of amides is 2. The van der Waals surface area contributed by atoms with Gasteiger partial charge in [0, 0.05) is 20.0 Å². The molecule has 5 aromatic rings. The van der Waals surface area contributed by atoms with Crippen molar-refractivity contribution >= 4 is 27.5 Å². The van der Waals surface area contributed by atoms with E-state index in [0.29, 0.717) is 11.5 Å². The average Bonchev–Trinajstić information content (AvgIpc) is 3.10. The van der Waals surface area contributed by atoms with Crippen LogP contribution < -0.4 is 14.4 Å². The van der Waals surface area contributed by atoms with Crippen LogP contribution in [0.1, 0.15) is 16.7 Å². The van der Waals surface area contributed by atoms with Gasteiger partial charge in [-0.1, -0.05) is 96.6 Å². The number of hydrogen-bond donors (Lipinski definition) is 1. The van der Waals surface area contributed by atoms with Crippen molar-refractivity contribution in [3.05, 3.63) is 156 Å². The van der Waals surface area contributed by atoms with Crippen LogP contribution in [0, 0.1) is 6.92 Å². The molecule has 5 rings (SSSR count). The summed E-state index contributed by atoms with van der Waals surface area (Å²) in [6.45, 7) is 1.54. The highest BCUT2D eigenvalue weighted by Crippen LogP contribution is 2.29. The lowest BCUT2D eigenvalue weighted by Crippen LogP contribution is -2.53. The van der Waals surface area contributed by atoms with Gasteiger partial charge in [-0.2, -0.15) is 0 Å². The van der Waals surface area contributed by atoms with Gasteiger partial charge in [0.1, 0.15) is 24.1 Å². The van der Waals surface area contributed by atoms with Crippen molar-refractivity contribution in [2.24, 2.45) is 0 Å². The van der Waals surface area contributed by atoms with Crippen molar-refractivity contribution in [1.82, 2.24) is 10.2 Å². The smallest absolute Gasteiger partial charge is 0.264 e. The maximum atomic E-state index is 14.5. The highest BCUT2D eigenvalue weighted by Gasteiger charge is 2.34. The molecule has 0 aliphatic carbocycles. The van der Waals surface area contributed by atoms with Crippen LogP contribution in [0.2, 0.25) is 0 Å². The number of carbonyl (C=O) groups excluding carboxylic acids is 2. The van der Waals surface area contributed by atoms with Crippen molar-refractivity contribution < 1.29 is 22.7 Å². The molecule has 0 fully saturated rings. The normalized spacial score (nSPS) is 11.7. The Morgan fingerprint density at radius 1 is 0.702 bits per heavy atom. The summed E-state index contributed by atoms with van der Waals surface area (Å²) in [5, 5.41) is 2.70. The van der Waals surface area contributed by atoms with Crippen molar-refractivity contribution in [2.75, 3.05) is 17.9 Å². The van der Waals surface area contributed by atoms with Crippen LogP contribution in [0.4, 0.5) is 5.69 Å². The summed E-state index contributed by atoms with van der Waals surface area (Å²) in [5.74, 6) is 0.259. The molecule has 240 valence electrons. The number of nitrogens with one attached hydrogen (secondary N) is 1. The monoisotopic (exact) mass is 647 g/mol. The predicted octanol–water partition coefficient (Wildman–Crippen LogP) is 6.37. The Bertz CT molecular complexity index is 1870. The van der Waals surface area contributed by atoms with E-state index in [4.69, 9.17) is 4.74 Å². The first kappa shape index (κ1) is 33.0. The fourth-order valence-electron chi connectivity index (χ4n) is 5.16. The van der Waals surface area contributed by atoms with E-state index >= 15 is 0 Å². The molecule has 0 radical (unpaired) electrons. The molecule has 1 atom stereocenters. The van der Waals surface area contributed by atoms with Gasteiger partial charge in [0.2, 0.25) is 11.8 Å². The number of hydrogen-bond acceptors (Lipinski definition) is 5. The number of rotatable bonds is 13.